The number of fused-ring (bicyclic) bond motifs is 1. The number of benzene rings is 2. The first-order valence-corrected chi connectivity index (χ1v) is 6.98. The van der Waals surface area contributed by atoms with Crippen LogP contribution in [0.5, 0.6) is 0 Å². The van der Waals surface area contributed by atoms with Gasteiger partial charge >= 0.3 is 5.97 Å². The van der Waals surface area contributed by atoms with Crippen molar-refractivity contribution in [2.75, 3.05) is 0 Å². The number of halogens is 4. The SMILES string of the molecule is O=C(O)c1cn(Cc2cc(F)c(F)c(F)c2)c2c(F)cccc2c1=O. The van der Waals surface area contributed by atoms with Crippen LogP contribution in [0.3, 0.4) is 0 Å². The molecular formula is C17H9F4NO3. The van der Waals surface area contributed by atoms with Gasteiger partial charge in [-0.1, -0.05) is 6.07 Å². The van der Waals surface area contributed by atoms with E-state index in [9.17, 15) is 27.2 Å². The molecule has 0 radical (unpaired) electrons. The summed E-state index contributed by atoms with van der Waals surface area (Å²) in [6, 6.07) is 4.97. The lowest BCUT2D eigenvalue weighted by Crippen LogP contribution is -2.20. The second-order valence-corrected chi connectivity index (χ2v) is 5.31. The van der Waals surface area contributed by atoms with Crippen LogP contribution in [0.4, 0.5) is 17.6 Å². The Hall–Kier alpha value is -3.16. The molecule has 3 rings (SSSR count). The van der Waals surface area contributed by atoms with Gasteiger partial charge in [-0.15, -0.1) is 0 Å². The first-order valence-electron chi connectivity index (χ1n) is 6.98. The van der Waals surface area contributed by atoms with Gasteiger partial charge in [-0.3, -0.25) is 4.79 Å². The number of hydrogen-bond donors (Lipinski definition) is 1. The zero-order valence-electron chi connectivity index (χ0n) is 12.4. The van der Waals surface area contributed by atoms with Crippen LogP contribution >= 0.6 is 0 Å². The van der Waals surface area contributed by atoms with Crippen LogP contribution < -0.4 is 5.43 Å². The van der Waals surface area contributed by atoms with E-state index in [0.29, 0.717) is 12.1 Å². The van der Waals surface area contributed by atoms with Gasteiger partial charge in [-0.2, -0.15) is 0 Å². The Morgan fingerprint density at radius 2 is 1.68 bits per heavy atom. The number of carboxylic acids is 1. The minimum atomic E-state index is -1.65. The van der Waals surface area contributed by atoms with Crippen molar-refractivity contribution in [3.05, 3.63) is 81.1 Å². The van der Waals surface area contributed by atoms with Gasteiger partial charge in [0.25, 0.3) is 0 Å². The summed E-state index contributed by atoms with van der Waals surface area (Å²) in [6.07, 6.45) is 0.884. The standard InChI is InChI=1S/C17H9F4NO3/c18-11-3-1-2-9-15(11)22(7-10(16(9)23)17(24)25)6-8-4-12(19)14(21)13(20)5-8/h1-5,7H,6H2,(H,24,25). The molecule has 3 aromatic rings. The molecule has 0 aliphatic heterocycles. The van der Waals surface area contributed by atoms with Crippen molar-refractivity contribution in [1.82, 2.24) is 4.57 Å². The number of carbonyl (C=O) groups is 1. The summed E-state index contributed by atoms with van der Waals surface area (Å²) in [7, 11) is 0. The summed E-state index contributed by atoms with van der Waals surface area (Å²) in [5.74, 6) is -6.85. The maximum absolute atomic E-state index is 14.2. The van der Waals surface area contributed by atoms with Crippen molar-refractivity contribution >= 4 is 16.9 Å². The molecule has 0 saturated heterocycles. The maximum atomic E-state index is 14.2. The molecule has 0 saturated carbocycles. The third-order valence-corrected chi connectivity index (χ3v) is 3.68. The van der Waals surface area contributed by atoms with Crippen LogP contribution in [0, 0.1) is 23.3 Å². The van der Waals surface area contributed by atoms with Gasteiger partial charge in [0.05, 0.1) is 5.52 Å². The first-order chi connectivity index (χ1) is 11.8. The molecule has 0 spiro atoms. The number of rotatable bonds is 3. The van der Waals surface area contributed by atoms with E-state index in [1.807, 2.05) is 0 Å². The Morgan fingerprint density at radius 3 is 2.28 bits per heavy atom. The minimum absolute atomic E-state index is 0.0686. The van der Waals surface area contributed by atoms with E-state index in [0.717, 1.165) is 16.8 Å². The van der Waals surface area contributed by atoms with Crippen molar-refractivity contribution in [3.8, 4) is 0 Å². The number of nitrogens with zero attached hydrogens (tertiary/aromatic N) is 1. The molecule has 1 heterocycles. The van der Waals surface area contributed by atoms with Crippen molar-refractivity contribution in [3.63, 3.8) is 0 Å². The second kappa shape index (κ2) is 6.04. The van der Waals surface area contributed by atoms with E-state index in [2.05, 4.69) is 0 Å². The molecule has 0 bridgehead atoms. The summed E-state index contributed by atoms with van der Waals surface area (Å²) < 4.78 is 55.0. The van der Waals surface area contributed by atoms with Gasteiger partial charge in [0.2, 0.25) is 5.43 Å². The normalized spacial score (nSPS) is 11.0. The molecule has 2 aromatic carbocycles. The third kappa shape index (κ3) is 2.86. The Kier molecular flexibility index (Phi) is 4.03. The number of aromatic nitrogens is 1. The number of hydrogen-bond acceptors (Lipinski definition) is 2. The van der Waals surface area contributed by atoms with Gasteiger partial charge < -0.3 is 9.67 Å². The summed E-state index contributed by atoms with van der Waals surface area (Å²) in [5.41, 5.74) is -1.79. The van der Waals surface area contributed by atoms with Gasteiger partial charge in [0, 0.05) is 18.1 Å². The van der Waals surface area contributed by atoms with Gasteiger partial charge in [0.1, 0.15) is 11.4 Å². The first kappa shape index (κ1) is 16.7. The van der Waals surface area contributed by atoms with E-state index in [1.165, 1.54) is 12.1 Å². The third-order valence-electron chi connectivity index (χ3n) is 3.68. The summed E-state index contributed by atoms with van der Waals surface area (Å²) in [6.45, 7) is -0.369. The molecule has 8 heteroatoms. The van der Waals surface area contributed by atoms with Crippen LogP contribution in [0.2, 0.25) is 0 Å². The van der Waals surface area contributed by atoms with E-state index in [1.54, 1.807) is 0 Å². The fraction of sp³-hybridized carbons (Fsp3) is 0.0588. The number of para-hydroxylation sites is 1. The zero-order chi connectivity index (χ0) is 18.3. The van der Waals surface area contributed by atoms with E-state index in [4.69, 9.17) is 5.11 Å². The lowest BCUT2D eigenvalue weighted by molar-refractivity contribution is 0.0695. The zero-order valence-corrected chi connectivity index (χ0v) is 12.4. The molecule has 0 aliphatic rings. The van der Waals surface area contributed by atoms with E-state index < -0.39 is 40.2 Å². The molecule has 0 aliphatic carbocycles. The predicted molar refractivity (Wildman–Crippen MR) is 80.5 cm³/mol. The molecule has 0 fully saturated rings. The van der Waals surface area contributed by atoms with Crippen LogP contribution in [0.1, 0.15) is 15.9 Å². The molecule has 4 nitrogen and oxygen atoms in total. The number of aromatic carboxylic acids is 1. The largest absolute Gasteiger partial charge is 0.477 e. The monoisotopic (exact) mass is 351 g/mol. The van der Waals surface area contributed by atoms with Gasteiger partial charge in [0.15, 0.2) is 17.5 Å². The molecule has 25 heavy (non-hydrogen) atoms. The van der Waals surface area contributed by atoms with Crippen LogP contribution in [0.25, 0.3) is 10.9 Å². The van der Waals surface area contributed by atoms with Gasteiger partial charge in [-0.25, -0.2) is 22.4 Å². The Labute approximate surface area is 137 Å². The highest BCUT2D eigenvalue weighted by Crippen LogP contribution is 2.20. The van der Waals surface area contributed by atoms with Crippen molar-refractivity contribution in [1.29, 1.82) is 0 Å². The van der Waals surface area contributed by atoms with Crippen LogP contribution in [-0.4, -0.2) is 15.6 Å². The lowest BCUT2D eigenvalue weighted by atomic mass is 10.1. The van der Waals surface area contributed by atoms with Crippen molar-refractivity contribution < 1.29 is 27.5 Å². The maximum Gasteiger partial charge on any atom is 0.341 e. The lowest BCUT2D eigenvalue weighted by Gasteiger charge is -2.13. The number of pyridine rings is 1. The molecule has 0 atom stereocenters. The summed E-state index contributed by atoms with van der Waals surface area (Å²) in [5, 5.41) is 8.94. The Bertz CT molecular complexity index is 1050. The summed E-state index contributed by atoms with van der Waals surface area (Å²) >= 11 is 0. The molecule has 0 unspecified atom stereocenters. The summed E-state index contributed by atoms with van der Waals surface area (Å²) in [4.78, 5) is 23.4. The quantitative estimate of drug-likeness (QED) is 0.582. The van der Waals surface area contributed by atoms with Crippen LogP contribution in [-0.2, 0) is 6.54 Å². The fourth-order valence-corrected chi connectivity index (χ4v) is 2.59. The molecular weight excluding hydrogens is 342 g/mol. The number of carboxylic acid groups (broad SMARTS) is 1. The van der Waals surface area contributed by atoms with Gasteiger partial charge in [-0.05, 0) is 29.8 Å². The second-order valence-electron chi connectivity index (χ2n) is 5.31. The molecule has 1 N–H and O–H groups in total. The minimum Gasteiger partial charge on any atom is -0.477 e. The molecule has 0 amide bonds. The fourth-order valence-electron chi connectivity index (χ4n) is 2.59. The average Bonchev–Trinajstić information content (AvgIpc) is 2.55. The van der Waals surface area contributed by atoms with Crippen molar-refractivity contribution in [2.45, 2.75) is 6.54 Å². The highest BCUT2D eigenvalue weighted by Gasteiger charge is 2.18. The molecule has 128 valence electrons. The Morgan fingerprint density at radius 1 is 1.04 bits per heavy atom. The highest BCUT2D eigenvalue weighted by atomic mass is 19.2. The van der Waals surface area contributed by atoms with Crippen LogP contribution in [0.15, 0.2) is 41.3 Å². The highest BCUT2D eigenvalue weighted by molar-refractivity contribution is 5.92. The van der Waals surface area contributed by atoms with E-state index >= 15 is 0 Å². The Balaban J connectivity index is 2.27. The van der Waals surface area contributed by atoms with E-state index in [-0.39, 0.29) is 23.0 Å². The predicted octanol–water partition coefficient (Wildman–Crippen LogP) is 3.30. The smallest absolute Gasteiger partial charge is 0.341 e. The topological polar surface area (TPSA) is 59.3 Å². The molecule has 1 aromatic heterocycles. The average molecular weight is 351 g/mol. The van der Waals surface area contributed by atoms with Crippen molar-refractivity contribution in [2.24, 2.45) is 0 Å².